The zero-order chi connectivity index (χ0) is 16.3. The van der Waals surface area contributed by atoms with E-state index in [4.69, 9.17) is 0 Å². The SMILES string of the molecule is CCc1c(C)sc(NC(=O)[C@H]2CC=CC[C@H]2C(=O)O)c1C#N. The first-order valence-electron chi connectivity index (χ1n) is 7.20. The van der Waals surface area contributed by atoms with Crippen molar-refractivity contribution in [3.8, 4) is 6.07 Å². The molecular formula is C16H18N2O3S. The molecule has 5 nitrogen and oxygen atoms in total. The maximum atomic E-state index is 12.4. The molecule has 1 heterocycles. The molecule has 1 aromatic rings. The quantitative estimate of drug-likeness (QED) is 0.835. The number of carbonyl (C=O) groups excluding carboxylic acids is 1. The summed E-state index contributed by atoms with van der Waals surface area (Å²) in [5.74, 6) is -2.58. The molecule has 0 saturated heterocycles. The van der Waals surface area contributed by atoms with Gasteiger partial charge in [0.25, 0.3) is 0 Å². The molecule has 1 aliphatic rings. The summed E-state index contributed by atoms with van der Waals surface area (Å²) < 4.78 is 0. The highest BCUT2D eigenvalue weighted by Gasteiger charge is 2.34. The van der Waals surface area contributed by atoms with Crippen molar-refractivity contribution in [2.24, 2.45) is 11.8 Å². The monoisotopic (exact) mass is 318 g/mol. The van der Waals surface area contributed by atoms with Gasteiger partial charge in [-0.2, -0.15) is 5.26 Å². The van der Waals surface area contributed by atoms with Crippen LogP contribution in [-0.4, -0.2) is 17.0 Å². The molecule has 0 saturated carbocycles. The van der Waals surface area contributed by atoms with Gasteiger partial charge >= 0.3 is 5.97 Å². The Morgan fingerprint density at radius 1 is 1.41 bits per heavy atom. The Morgan fingerprint density at radius 2 is 2.05 bits per heavy atom. The second-order valence-corrected chi connectivity index (χ2v) is 6.51. The van der Waals surface area contributed by atoms with Crippen LogP contribution in [0.3, 0.4) is 0 Å². The summed E-state index contributed by atoms with van der Waals surface area (Å²) in [5.41, 5.74) is 1.44. The summed E-state index contributed by atoms with van der Waals surface area (Å²) in [7, 11) is 0. The fraction of sp³-hybridized carbons (Fsp3) is 0.438. The molecule has 1 aliphatic carbocycles. The largest absolute Gasteiger partial charge is 0.481 e. The van der Waals surface area contributed by atoms with E-state index in [9.17, 15) is 20.0 Å². The van der Waals surface area contributed by atoms with Gasteiger partial charge < -0.3 is 10.4 Å². The molecule has 1 amide bonds. The minimum absolute atomic E-state index is 0.322. The summed E-state index contributed by atoms with van der Waals surface area (Å²) >= 11 is 1.37. The summed E-state index contributed by atoms with van der Waals surface area (Å²) in [5, 5.41) is 21.9. The molecule has 0 spiro atoms. The van der Waals surface area contributed by atoms with Crippen molar-refractivity contribution < 1.29 is 14.7 Å². The third-order valence-corrected chi connectivity index (χ3v) is 5.06. The van der Waals surface area contributed by atoms with Gasteiger partial charge in [0.15, 0.2) is 0 Å². The topological polar surface area (TPSA) is 90.2 Å². The number of amides is 1. The standard InChI is InChI=1S/C16H18N2O3S/c1-3-10-9(2)22-15(13(10)8-17)18-14(19)11-6-4-5-7-12(11)16(20)21/h4-5,11-12H,3,6-7H2,1-2H3,(H,18,19)(H,20,21)/t11-,12+/m0/s1. The van der Waals surface area contributed by atoms with Crippen molar-refractivity contribution in [2.45, 2.75) is 33.1 Å². The predicted octanol–water partition coefficient (Wildman–Crippen LogP) is 3.10. The van der Waals surface area contributed by atoms with Gasteiger partial charge in [0.2, 0.25) is 5.91 Å². The van der Waals surface area contributed by atoms with Crippen LogP contribution >= 0.6 is 11.3 Å². The van der Waals surface area contributed by atoms with Crippen LogP contribution in [0, 0.1) is 30.1 Å². The summed E-state index contributed by atoms with van der Waals surface area (Å²) in [6, 6.07) is 2.14. The van der Waals surface area contributed by atoms with Crippen molar-refractivity contribution in [3.05, 3.63) is 28.2 Å². The number of aryl methyl sites for hydroxylation is 1. The summed E-state index contributed by atoms with van der Waals surface area (Å²) in [6.45, 7) is 3.89. The number of carbonyl (C=O) groups is 2. The highest BCUT2D eigenvalue weighted by Crippen LogP contribution is 2.34. The molecule has 2 N–H and O–H groups in total. The number of carboxylic acids is 1. The van der Waals surface area contributed by atoms with Gasteiger partial charge in [-0.1, -0.05) is 19.1 Å². The van der Waals surface area contributed by atoms with E-state index in [-0.39, 0.29) is 5.91 Å². The number of allylic oxidation sites excluding steroid dienone is 2. The Morgan fingerprint density at radius 3 is 2.59 bits per heavy atom. The lowest BCUT2D eigenvalue weighted by Crippen LogP contribution is -2.34. The Labute approximate surface area is 133 Å². The van der Waals surface area contributed by atoms with Gasteiger partial charge in [-0.25, -0.2) is 0 Å². The lowest BCUT2D eigenvalue weighted by Gasteiger charge is -2.23. The van der Waals surface area contributed by atoms with Crippen LogP contribution in [0.4, 0.5) is 5.00 Å². The van der Waals surface area contributed by atoms with E-state index >= 15 is 0 Å². The van der Waals surface area contributed by atoms with Gasteiger partial charge in [-0.3, -0.25) is 9.59 Å². The Balaban J connectivity index is 2.24. The lowest BCUT2D eigenvalue weighted by atomic mass is 9.82. The van der Waals surface area contributed by atoms with E-state index < -0.39 is 17.8 Å². The first-order chi connectivity index (χ1) is 10.5. The van der Waals surface area contributed by atoms with Gasteiger partial charge in [-0.05, 0) is 31.7 Å². The smallest absolute Gasteiger partial charge is 0.307 e. The number of carboxylic acid groups (broad SMARTS) is 1. The zero-order valence-electron chi connectivity index (χ0n) is 12.5. The van der Waals surface area contributed by atoms with Crippen LogP contribution in [0.15, 0.2) is 12.2 Å². The van der Waals surface area contributed by atoms with Gasteiger partial charge in [0, 0.05) is 4.88 Å². The summed E-state index contributed by atoms with van der Waals surface area (Å²) in [4.78, 5) is 24.7. The van der Waals surface area contributed by atoms with E-state index in [0.29, 0.717) is 23.4 Å². The minimum atomic E-state index is -0.957. The van der Waals surface area contributed by atoms with Crippen LogP contribution in [0.2, 0.25) is 0 Å². The molecule has 0 aromatic carbocycles. The number of hydrogen-bond acceptors (Lipinski definition) is 4. The van der Waals surface area contributed by atoms with Gasteiger partial charge in [-0.15, -0.1) is 11.3 Å². The predicted molar refractivity (Wildman–Crippen MR) is 84.8 cm³/mol. The molecule has 0 aliphatic heterocycles. The lowest BCUT2D eigenvalue weighted by molar-refractivity contribution is -0.146. The van der Waals surface area contributed by atoms with Crippen molar-refractivity contribution in [1.82, 2.24) is 0 Å². The summed E-state index contributed by atoms with van der Waals surface area (Å²) in [6.07, 6.45) is 5.14. The van der Waals surface area contributed by atoms with Gasteiger partial charge in [0.1, 0.15) is 11.1 Å². The van der Waals surface area contributed by atoms with Gasteiger partial charge in [0.05, 0.1) is 17.4 Å². The van der Waals surface area contributed by atoms with Crippen LogP contribution in [0.5, 0.6) is 0 Å². The van der Waals surface area contributed by atoms with E-state index in [2.05, 4.69) is 11.4 Å². The number of anilines is 1. The molecule has 0 fully saturated rings. The molecule has 116 valence electrons. The number of hydrogen-bond donors (Lipinski definition) is 2. The van der Waals surface area contributed by atoms with Crippen LogP contribution < -0.4 is 5.32 Å². The second-order valence-electron chi connectivity index (χ2n) is 5.29. The highest BCUT2D eigenvalue weighted by atomic mass is 32.1. The van der Waals surface area contributed by atoms with E-state index in [1.807, 2.05) is 19.9 Å². The number of thiophene rings is 1. The number of nitrogens with zero attached hydrogens (tertiary/aromatic N) is 1. The van der Waals surface area contributed by atoms with E-state index in [0.717, 1.165) is 16.9 Å². The van der Waals surface area contributed by atoms with Crippen molar-refractivity contribution in [1.29, 1.82) is 5.26 Å². The fourth-order valence-electron chi connectivity index (χ4n) is 2.79. The fourth-order valence-corrected chi connectivity index (χ4v) is 3.89. The molecule has 22 heavy (non-hydrogen) atoms. The second kappa shape index (κ2) is 6.75. The maximum absolute atomic E-state index is 12.4. The minimum Gasteiger partial charge on any atom is -0.481 e. The molecule has 6 heteroatoms. The van der Waals surface area contributed by atoms with Crippen molar-refractivity contribution >= 4 is 28.2 Å². The van der Waals surface area contributed by atoms with E-state index in [1.54, 1.807) is 6.08 Å². The molecule has 2 rings (SSSR count). The number of rotatable bonds is 4. The molecule has 2 atom stereocenters. The van der Waals surface area contributed by atoms with Crippen LogP contribution in [-0.2, 0) is 16.0 Å². The van der Waals surface area contributed by atoms with E-state index in [1.165, 1.54) is 11.3 Å². The maximum Gasteiger partial charge on any atom is 0.307 e. The number of nitrogens with one attached hydrogen (secondary N) is 1. The molecule has 0 unspecified atom stereocenters. The molecule has 1 aromatic heterocycles. The Kier molecular flexibility index (Phi) is 4.99. The zero-order valence-corrected chi connectivity index (χ0v) is 13.4. The Bertz CT molecular complexity index is 670. The van der Waals surface area contributed by atoms with Crippen molar-refractivity contribution in [3.63, 3.8) is 0 Å². The van der Waals surface area contributed by atoms with Crippen LogP contribution in [0.1, 0.15) is 35.8 Å². The first-order valence-corrected chi connectivity index (χ1v) is 8.02. The van der Waals surface area contributed by atoms with Crippen LogP contribution in [0.25, 0.3) is 0 Å². The first kappa shape index (κ1) is 16.2. The normalized spacial score (nSPS) is 20.4. The molecule has 0 radical (unpaired) electrons. The number of nitriles is 1. The number of aliphatic carboxylic acids is 1. The highest BCUT2D eigenvalue weighted by molar-refractivity contribution is 7.16. The Hall–Kier alpha value is -2.13. The average Bonchev–Trinajstić information content (AvgIpc) is 2.81. The molecular weight excluding hydrogens is 300 g/mol. The average molecular weight is 318 g/mol. The third kappa shape index (κ3) is 3.04. The van der Waals surface area contributed by atoms with Crippen molar-refractivity contribution in [2.75, 3.05) is 5.32 Å². The third-order valence-electron chi connectivity index (χ3n) is 4.00. The molecule has 0 bridgehead atoms.